The molecule has 0 fully saturated rings. The maximum Gasteiger partial charge on any atom is 0.264 e. The zero-order valence-corrected chi connectivity index (χ0v) is 22.4. The van der Waals surface area contributed by atoms with E-state index in [9.17, 15) is 13.2 Å². The molecule has 0 saturated carbocycles. The van der Waals surface area contributed by atoms with Crippen LogP contribution < -0.4 is 19.1 Å². The first-order chi connectivity index (χ1) is 16.8. The number of aryl methyl sites for hydroxylation is 2. The Kier molecular flexibility index (Phi) is 9.17. The summed E-state index contributed by atoms with van der Waals surface area (Å²) in [5, 5.41) is 2.84. The van der Waals surface area contributed by atoms with Crippen LogP contribution in [0, 0.1) is 6.92 Å². The van der Waals surface area contributed by atoms with Crippen LogP contribution in [-0.2, 0) is 21.2 Å². The number of carbonyl (C=O) groups is 1. The lowest BCUT2D eigenvalue weighted by molar-refractivity contribution is -0.119. The van der Waals surface area contributed by atoms with E-state index < -0.39 is 10.0 Å². The van der Waals surface area contributed by atoms with Gasteiger partial charge in [0.25, 0.3) is 10.0 Å². The summed E-state index contributed by atoms with van der Waals surface area (Å²) in [6.07, 6.45) is 1.42. The Morgan fingerprint density at radius 1 is 0.971 bits per heavy atom. The van der Waals surface area contributed by atoms with Gasteiger partial charge < -0.3 is 14.8 Å². The van der Waals surface area contributed by atoms with Crippen molar-refractivity contribution in [2.75, 3.05) is 31.6 Å². The predicted molar refractivity (Wildman–Crippen MR) is 141 cm³/mol. The second kappa shape index (κ2) is 12.1. The molecule has 0 aliphatic carbocycles. The van der Waals surface area contributed by atoms with Crippen LogP contribution >= 0.6 is 15.9 Å². The molecule has 7 nitrogen and oxygen atoms in total. The summed E-state index contributed by atoms with van der Waals surface area (Å²) in [6.45, 7) is 1.98. The average molecular weight is 561 g/mol. The first-order valence-electron chi connectivity index (χ1n) is 11.1. The van der Waals surface area contributed by atoms with E-state index in [2.05, 4.69) is 21.2 Å². The van der Waals surface area contributed by atoms with E-state index in [0.717, 1.165) is 27.6 Å². The minimum Gasteiger partial charge on any atom is -0.496 e. The quantitative estimate of drug-likeness (QED) is 0.343. The summed E-state index contributed by atoms with van der Waals surface area (Å²) in [5.74, 6) is 0.932. The minimum atomic E-state index is -4.02. The second-order valence-corrected chi connectivity index (χ2v) is 10.6. The molecule has 0 radical (unpaired) electrons. The molecule has 3 aromatic carbocycles. The normalized spacial score (nSPS) is 11.1. The smallest absolute Gasteiger partial charge is 0.264 e. The van der Waals surface area contributed by atoms with Crippen LogP contribution in [0.25, 0.3) is 0 Å². The number of hydrogen-bond acceptors (Lipinski definition) is 5. The summed E-state index contributed by atoms with van der Waals surface area (Å²) in [7, 11) is -0.890. The van der Waals surface area contributed by atoms with Crippen LogP contribution in [0.15, 0.2) is 76.1 Å². The van der Waals surface area contributed by atoms with Gasteiger partial charge in [-0.1, -0.05) is 35.9 Å². The highest BCUT2D eigenvalue weighted by atomic mass is 79.9. The Balaban J connectivity index is 1.74. The van der Waals surface area contributed by atoms with Crippen molar-refractivity contribution in [2.45, 2.75) is 24.7 Å². The number of sulfonamides is 1. The van der Waals surface area contributed by atoms with Gasteiger partial charge in [0.05, 0.1) is 29.3 Å². The third kappa shape index (κ3) is 6.76. The largest absolute Gasteiger partial charge is 0.496 e. The standard InChI is InChI=1S/C26H29BrN2O5S/c1-19-10-12-21(13-11-19)29(35(31,32)22-14-15-25(34-3)23(27)17-22)18-26(30)28-16-6-8-20-7-4-5-9-24(20)33-2/h4-5,7,9-15,17H,6,8,16,18H2,1-3H3,(H,28,30). The number of hydrogen-bond donors (Lipinski definition) is 1. The number of nitrogens with zero attached hydrogens (tertiary/aromatic N) is 1. The lowest BCUT2D eigenvalue weighted by atomic mass is 10.1. The SMILES string of the molecule is COc1ccc(S(=O)(=O)N(CC(=O)NCCCc2ccccc2OC)c2ccc(C)cc2)cc1Br. The number of halogens is 1. The van der Waals surface area contributed by atoms with Gasteiger partial charge in [0.2, 0.25) is 5.91 Å². The fraction of sp³-hybridized carbons (Fsp3) is 0.269. The number of rotatable bonds is 11. The molecule has 3 rings (SSSR count). The number of ether oxygens (including phenoxy) is 2. The third-order valence-electron chi connectivity index (χ3n) is 5.46. The topological polar surface area (TPSA) is 84.9 Å². The van der Waals surface area contributed by atoms with Crippen molar-refractivity contribution in [3.8, 4) is 11.5 Å². The Morgan fingerprint density at radius 2 is 1.66 bits per heavy atom. The molecule has 0 atom stereocenters. The van der Waals surface area contributed by atoms with Crippen molar-refractivity contribution in [1.29, 1.82) is 0 Å². The van der Waals surface area contributed by atoms with Crippen LogP contribution in [0.5, 0.6) is 11.5 Å². The number of methoxy groups -OCH3 is 2. The summed E-state index contributed by atoms with van der Waals surface area (Å²) in [5.41, 5.74) is 2.45. The zero-order valence-electron chi connectivity index (χ0n) is 20.0. The van der Waals surface area contributed by atoms with Crippen molar-refractivity contribution >= 4 is 37.5 Å². The van der Waals surface area contributed by atoms with Gasteiger partial charge in [0.15, 0.2) is 0 Å². The summed E-state index contributed by atoms with van der Waals surface area (Å²) >= 11 is 3.34. The molecule has 1 N–H and O–H groups in total. The summed E-state index contributed by atoms with van der Waals surface area (Å²) in [4.78, 5) is 12.9. The van der Waals surface area contributed by atoms with E-state index in [0.29, 0.717) is 28.9 Å². The van der Waals surface area contributed by atoms with Crippen molar-refractivity contribution in [1.82, 2.24) is 5.32 Å². The Labute approximate surface area is 215 Å². The van der Waals surface area contributed by atoms with Crippen LogP contribution in [-0.4, -0.2) is 41.6 Å². The van der Waals surface area contributed by atoms with Gasteiger partial charge in [-0.2, -0.15) is 0 Å². The van der Waals surface area contributed by atoms with Crippen molar-refractivity contribution in [3.63, 3.8) is 0 Å². The molecule has 0 spiro atoms. The molecule has 0 heterocycles. The molecule has 186 valence electrons. The monoisotopic (exact) mass is 560 g/mol. The lowest BCUT2D eigenvalue weighted by Crippen LogP contribution is -2.41. The number of amides is 1. The Morgan fingerprint density at radius 3 is 2.31 bits per heavy atom. The summed E-state index contributed by atoms with van der Waals surface area (Å²) < 4.78 is 39.3. The molecule has 35 heavy (non-hydrogen) atoms. The molecule has 0 bridgehead atoms. The zero-order chi connectivity index (χ0) is 25.4. The average Bonchev–Trinajstić information content (AvgIpc) is 2.86. The van der Waals surface area contributed by atoms with Gasteiger partial charge in [0, 0.05) is 6.54 Å². The van der Waals surface area contributed by atoms with Gasteiger partial charge in [-0.25, -0.2) is 8.42 Å². The Bertz CT molecular complexity index is 1260. The predicted octanol–water partition coefficient (Wildman–Crippen LogP) is 4.72. The van der Waals surface area contributed by atoms with Gasteiger partial charge >= 0.3 is 0 Å². The molecule has 0 aliphatic rings. The van der Waals surface area contributed by atoms with E-state index in [1.165, 1.54) is 19.2 Å². The van der Waals surface area contributed by atoms with E-state index >= 15 is 0 Å². The number of carbonyl (C=O) groups excluding carboxylic acids is 1. The van der Waals surface area contributed by atoms with Crippen molar-refractivity contribution in [3.05, 3.63) is 82.3 Å². The van der Waals surface area contributed by atoms with Gasteiger partial charge in [0.1, 0.15) is 18.0 Å². The highest BCUT2D eigenvalue weighted by Crippen LogP contribution is 2.30. The van der Waals surface area contributed by atoms with E-state index in [1.807, 2.05) is 43.3 Å². The van der Waals surface area contributed by atoms with Crippen LogP contribution in [0.2, 0.25) is 0 Å². The van der Waals surface area contributed by atoms with Gasteiger partial charge in [-0.3, -0.25) is 9.10 Å². The molecular formula is C26H29BrN2O5S. The lowest BCUT2D eigenvalue weighted by Gasteiger charge is -2.24. The fourth-order valence-corrected chi connectivity index (χ4v) is 5.70. The molecule has 0 aliphatic heterocycles. The molecule has 1 amide bonds. The molecule has 9 heteroatoms. The van der Waals surface area contributed by atoms with Gasteiger partial charge in [-0.15, -0.1) is 0 Å². The van der Waals surface area contributed by atoms with E-state index in [4.69, 9.17) is 9.47 Å². The van der Waals surface area contributed by atoms with E-state index in [1.54, 1.807) is 25.3 Å². The van der Waals surface area contributed by atoms with E-state index in [-0.39, 0.29) is 17.3 Å². The number of nitrogens with one attached hydrogen (secondary N) is 1. The van der Waals surface area contributed by atoms with Crippen molar-refractivity contribution in [2.24, 2.45) is 0 Å². The number of benzene rings is 3. The summed E-state index contributed by atoms with van der Waals surface area (Å²) in [6, 6.07) is 19.3. The first-order valence-corrected chi connectivity index (χ1v) is 13.3. The third-order valence-corrected chi connectivity index (χ3v) is 7.85. The maximum absolute atomic E-state index is 13.6. The van der Waals surface area contributed by atoms with Crippen LogP contribution in [0.3, 0.4) is 0 Å². The second-order valence-electron chi connectivity index (χ2n) is 7.91. The van der Waals surface area contributed by atoms with Crippen LogP contribution in [0.1, 0.15) is 17.5 Å². The molecule has 0 unspecified atom stereocenters. The molecule has 0 saturated heterocycles. The van der Waals surface area contributed by atoms with Crippen molar-refractivity contribution < 1.29 is 22.7 Å². The van der Waals surface area contributed by atoms with Gasteiger partial charge in [-0.05, 0) is 77.7 Å². The fourth-order valence-electron chi connectivity index (χ4n) is 3.56. The molecular weight excluding hydrogens is 532 g/mol. The number of anilines is 1. The minimum absolute atomic E-state index is 0.0507. The maximum atomic E-state index is 13.6. The van der Waals surface area contributed by atoms with Crippen LogP contribution in [0.4, 0.5) is 5.69 Å². The Hall–Kier alpha value is -3.04. The molecule has 3 aromatic rings. The first kappa shape index (κ1) is 26.6. The highest BCUT2D eigenvalue weighted by Gasteiger charge is 2.28. The highest BCUT2D eigenvalue weighted by molar-refractivity contribution is 9.10. The number of para-hydroxylation sites is 1. The molecule has 0 aromatic heterocycles.